The predicted molar refractivity (Wildman–Crippen MR) is 66.6 cm³/mol. The van der Waals surface area contributed by atoms with Crippen LogP contribution in [-0.2, 0) is 0 Å². The van der Waals surface area contributed by atoms with Gasteiger partial charge < -0.3 is 10.4 Å². The molecule has 5 nitrogen and oxygen atoms in total. The molecule has 90 valence electrons. The molecule has 0 aliphatic rings. The van der Waals surface area contributed by atoms with Crippen LogP contribution in [0, 0.1) is 11.3 Å². The summed E-state index contributed by atoms with van der Waals surface area (Å²) in [5, 5.41) is 21.8. The van der Waals surface area contributed by atoms with Crippen LogP contribution in [-0.4, -0.2) is 21.6 Å². The number of hydrogen-bond acceptors (Lipinski definition) is 5. The Bertz CT molecular complexity index is 550. The van der Waals surface area contributed by atoms with Crippen LogP contribution in [0.4, 0.5) is 5.82 Å². The van der Waals surface area contributed by atoms with Crippen molar-refractivity contribution in [3.05, 3.63) is 54.0 Å². The van der Waals surface area contributed by atoms with E-state index in [4.69, 9.17) is 5.26 Å². The van der Waals surface area contributed by atoms with E-state index in [-0.39, 0.29) is 6.54 Å². The van der Waals surface area contributed by atoms with Crippen molar-refractivity contribution < 1.29 is 5.11 Å². The van der Waals surface area contributed by atoms with Gasteiger partial charge in [-0.3, -0.25) is 0 Å². The van der Waals surface area contributed by atoms with Crippen molar-refractivity contribution in [3.63, 3.8) is 0 Å². The fourth-order valence-electron chi connectivity index (χ4n) is 1.54. The summed E-state index contributed by atoms with van der Waals surface area (Å²) in [6.45, 7) is 0.287. The fraction of sp³-hybridized carbons (Fsp3) is 0.154. The lowest BCUT2D eigenvalue weighted by Gasteiger charge is -2.12. The number of benzene rings is 1. The predicted octanol–water partition coefficient (Wildman–Crippen LogP) is 1.49. The van der Waals surface area contributed by atoms with E-state index in [1.807, 2.05) is 36.4 Å². The molecule has 0 spiro atoms. The number of aliphatic hydroxyl groups excluding tert-OH is 1. The van der Waals surface area contributed by atoms with Gasteiger partial charge in [0.15, 0.2) is 0 Å². The van der Waals surface area contributed by atoms with Gasteiger partial charge in [-0.1, -0.05) is 30.3 Å². The first-order chi connectivity index (χ1) is 8.81. The number of aliphatic hydroxyl groups is 1. The molecule has 18 heavy (non-hydrogen) atoms. The Morgan fingerprint density at radius 3 is 2.83 bits per heavy atom. The number of nitrogens with zero attached hydrogens (tertiary/aromatic N) is 3. The molecule has 1 aromatic heterocycles. The highest BCUT2D eigenvalue weighted by atomic mass is 16.3. The molecule has 0 aliphatic heterocycles. The van der Waals surface area contributed by atoms with Gasteiger partial charge in [-0.05, 0) is 5.56 Å². The van der Waals surface area contributed by atoms with Gasteiger partial charge >= 0.3 is 0 Å². The molecule has 0 bridgehead atoms. The van der Waals surface area contributed by atoms with E-state index >= 15 is 0 Å². The third-order valence-electron chi connectivity index (χ3n) is 2.48. The van der Waals surface area contributed by atoms with Gasteiger partial charge in [0.2, 0.25) is 0 Å². The Balaban J connectivity index is 2.02. The molecule has 0 saturated carbocycles. The van der Waals surface area contributed by atoms with Crippen molar-refractivity contribution in [2.45, 2.75) is 6.10 Å². The van der Waals surface area contributed by atoms with Gasteiger partial charge in [0.25, 0.3) is 0 Å². The van der Waals surface area contributed by atoms with Crippen molar-refractivity contribution in [1.29, 1.82) is 5.26 Å². The largest absolute Gasteiger partial charge is 0.387 e. The number of anilines is 1. The fourth-order valence-corrected chi connectivity index (χ4v) is 1.54. The minimum Gasteiger partial charge on any atom is -0.387 e. The Morgan fingerprint density at radius 1 is 1.33 bits per heavy atom. The minimum absolute atomic E-state index is 0.287. The molecular formula is C13H12N4O. The Hall–Kier alpha value is -2.45. The van der Waals surface area contributed by atoms with Gasteiger partial charge in [0.05, 0.1) is 12.3 Å². The molecular weight excluding hydrogens is 228 g/mol. The topological polar surface area (TPSA) is 81.8 Å². The van der Waals surface area contributed by atoms with E-state index in [2.05, 4.69) is 15.3 Å². The average Bonchev–Trinajstić information content (AvgIpc) is 2.46. The zero-order valence-corrected chi connectivity index (χ0v) is 9.61. The van der Waals surface area contributed by atoms with E-state index in [0.29, 0.717) is 11.4 Å². The van der Waals surface area contributed by atoms with Crippen LogP contribution >= 0.6 is 0 Å². The first-order valence-electron chi connectivity index (χ1n) is 5.48. The zero-order chi connectivity index (χ0) is 12.8. The van der Waals surface area contributed by atoms with E-state index in [1.54, 1.807) is 0 Å². The first kappa shape index (κ1) is 12.0. The Labute approximate surface area is 105 Å². The second-order valence-electron chi connectivity index (χ2n) is 3.70. The molecule has 5 heteroatoms. The quantitative estimate of drug-likeness (QED) is 0.846. The maximum absolute atomic E-state index is 9.96. The summed E-state index contributed by atoms with van der Waals surface area (Å²) in [4.78, 5) is 7.72. The minimum atomic E-state index is -0.646. The Kier molecular flexibility index (Phi) is 3.84. The van der Waals surface area contributed by atoms with Crippen molar-refractivity contribution in [2.75, 3.05) is 11.9 Å². The molecule has 1 aromatic carbocycles. The van der Waals surface area contributed by atoms with Crippen molar-refractivity contribution >= 4 is 5.82 Å². The van der Waals surface area contributed by atoms with E-state index < -0.39 is 6.10 Å². The van der Waals surface area contributed by atoms with Crippen LogP contribution in [0.1, 0.15) is 17.2 Å². The highest BCUT2D eigenvalue weighted by Gasteiger charge is 2.08. The summed E-state index contributed by atoms with van der Waals surface area (Å²) in [5.74, 6) is 0.433. The molecule has 0 radical (unpaired) electrons. The Morgan fingerprint density at radius 2 is 2.11 bits per heavy atom. The summed E-state index contributed by atoms with van der Waals surface area (Å²) in [7, 11) is 0. The van der Waals surface area contributed by atoms with Crippen LogP contribution in [0.15, 0.2) is 42.9 Å². The molecule has 2 N–H and O–H groups in total. The van der Waals surface area contributed by atoms with Gasteiger partial charge in [0, 0.05) is 6.54 Å². The van der Waals surface area contributed by atoms with E-state index in [9.17, 15) is 5.11 Å². The lowest BCUT2D eigenvalue weighted by atomic mass is 10.1. The normalized spacial score (nSPS) is 11.6. The third-order valence-corrected chi connectivity index (χ3v) is 2.48. The molecule has 2 rings (SSSR count). The monoisotopic (exact) mass is 240 g/mol. The number of aromatic nitrogens is 2. The van der Waals surface area contributed by atoms with Crippen molar-refractivity contribution in [3.8, 4) is 6.07 Å². The maximum Gasteiger partial charge on any atom is 0.147 e. The maximum atomic E-state index is 9.96. The summed E-state index contributed by atoms with van der Waals surface area (Å²) in [5.41, 5.74) is 1.18. The molecule has 0 aliphatic carbocycles. The van der Waals surface area contributed by atoms with Gasteiger partial charge in [-0.15, -0.1) is 0 Å². The zero-order valence-electron chi connectivity index (χ0n) is 9.61. The van der Waals surface area contributed by atoms with Crippen molar-refractivity contribution in [2.24, 2.45) is 0 Å². The molecule has 1 unspecified atom stereocenters. The molecule has 2 aromatic rings. The van der Waals surface area contributed by atoms with Crippen molar-refractivity contribution in [1.82, 2.24) is 9.97 Å². The van der Waals surface area contributed by atoms with Gasteiger partial charge in [-0.25, -0.2) is 9.97 Å². The average molecular weight is 240 g/mol. The van der Waals surface area contributed by atoms with Gasteiger partial charge in [0.1, 0.15) is 23.8 Å². The number of rotatable bonds is 4. The molecule has 0 fully saturated rings. The highest BCUT2D eigenvalue weighted by Crippen LogP contribution is 2.14. The summed E-state index contributed by atoms with van der Waals surface area (Å²) < 4.78 is 0. The number of hydrogen-bond donors (Lipinski definition) is 2. The summed E-state index contributed by atoms with van der Waals surface area (Å²) in [6.07, 6.45) is 2.15. The summed E-state index contributed by atoms with van der Waals surface area (Å²) >= 11 is 0. The SMILES string of the molecule is N#Cc1cncnc1NCC(O)c1ccccc1. The second-order valence-corrected chi connectivity index (χ2v) is 3.70. The van der Waals surface area contributed by atoms with Crippen LogP contribution < -0.4 is 5.32 Å². The van der Waals surface area contributed by atoms with Crippen LogP contribution in [0.25, 0.3) is 0 Å². The molecule has 1 heterocycles. The van der Waals surface area contributed by atoms with Crippen LogP contribution in [0.3, 0.4) is 0 Å². The van der Waals surface area contributed by atoms with E-state index in [0.717, 1.165) is 5.56 Å². The molecule has 0 saturated heterocycles. The van der Waals surface area contributed by atoms with Gasteiger partial charge in [-0.2, -0.15) is 5.26 Å². The summed E-state index contributed by atoms with van der Waals surface area (Å²) in [6, 6.07) is 11.3. The van der Waals surface area contributed by atoms with Crippen LogP contribution in [0.5, 0.6) is 0 Å². The molecule has 0 amide bonds. The molecule has 1 atom stereocenters. The standard InChI is InChI=1S/C13H12N4O/c14-6-11-7-15-9-17-13(11)16-8-12(18)10-4-2-1-3-5-10/h1-5,7,9,12,18H,8H2,(H,15,16,17). The highest BCUT2D eigenvalue weighted by molar-refractivity contribution is 5.49. The lowest BCUT2D eigenvalue weighted by molar-refractivity contribution is 0.191. The second kappa shape index (κ2) is 5.75. The smallest absolute Gasteiger partial charge is 0.147 e. The number of nitriles is 1. The third kappa shape index (κ3) is 2.81. The lowest BCUT2D eigenvalue weighted by Crippen LogP contribution is -2.13. The van der Waals surface area contributed by atoms with Crippen LogP contribution in [0.2, 0.25) is 0 Å². The van der Waals surface area contributed by atoms with E-state index in [1.165, 1.54) is 12.5 Å². The number of nitrogens with one attached hydrogen (secondary N) is 1. The first-order valence-corrected chi connectivity index (χ1v) is 5.48.